The number of anilines is 1. The Morgan fingerprint density at radius 3 is 2.80 bits per heavy atom. The molecule has 6 heteroatoms. The lowest BCUT2D eigenvalue weighted by molar-refractivity contribution is -0.140. The number of ether oxygens (including phenoxy) is 1. The monoisotopic (exact) mass is 276 g/mol. The van der Waals surface area contributed by atoms with Crippen LogP contribution >= 0.6 is 0 Å². The second kappa shape index (κ2) is 5.42. The number of rotatable bonds is 4. The third-order valence-corrected chi connectivity index (χ3v) is 3.39. The van der Waals surface area contributed by atoms with E-state index in [1.807, 2.05) is 0 Å². The van der Waals surface area contributed by atoms with Gasteiger partial charge in [-0.25, -0.2) is 0 Å². The van der Waals surface area contributed by atoms with Crippen LogP contribution in [-0.2, 0) is 20.7 Å². The van der Waals surface area contributed by atoms with Crippen molar-refractivity contribution < 1.29 is 19.1 Å². The minimum atomic E-state index is -0.935. The molecule has 2 N–H and O–H groups in total. The maximum absolute atomic E-state index is 12.1. The van der Waals surface area contributed by atoms with E-state index in [-0.39, 0.29) is 24.5 Å². The SMILES string of the molecule is COC(=O)CC(N)C(=O)c1ccc2c(c1)CC(=O)N2C. The van der Waals surface area contributed by atoms with Crippen LogP contribution in [0.1, 0.15) is 22.3 Å². The fraction of sp³-hybridized carbons (Fsp3) is 0.357. The molecular formula is C14H16N2O4. The van der Waals surface area contributed by atoms with Gasteiger partial charge >= 0.3 is 5.97 Å². The molecule has 1 aromatic carbocycles. The number of fused-ring (bicyclic) bond motifs is 1. The Morgan fingerprint density at radius 1 is 1.45 bits per heavy atom. The van der Waals surface area contributed by atoms with Gasteiger partial charge in [0, 0.05) is 18.3 Å². The number of carbonyl (C=O) groups is 3. The van der Waals surface area contributed by atoms with Crippen molar-refractivity contribution in [3.8, 4) is 0 Å². The average molecular weight is 276 g/mol. The zero-order valence-electron chi connectivity index (χ0n) is 11.4. The number of hydrogen-bond donors (Lipinski definition) is 1. The van der Waals surface area contributed by atoms with Gasteiger partial charge in [0.05, 0.1) is 26.0 Å². The van der Waals surface area contributed by atoms with Gasteiger partial charge in [0.25, 0.3) is 0 Å². The van der Waals surface area contributed by atoms with Gasteiger partial charge in [0.2, 0.25) is 5.91 Å². The van der Waals surface area contributed by atoms with E-state index in [9.17, 15) is 14.4 Å². The highest BCUT2D eigenvalue weighted by Crippen LogP contribution is 2.28. The molecule has 1 aliphatic heterocycles. The highest BCUT2D eigenvalue weighted by Gasteiger charge is 2.26. The van der Waals surface area contributed by atoms with E-state index < -0.39 is 12.0 Å². The van der Waals surface area contributed by atoms with Gasteiger partial charge in [0.15, 0.2) is 5.78 Å². The van der Waals surface area contributed by atoms with Crippen LogP contribution in [0.15, 0.2) is 18.2 Å². The van der Waals surface area contributed by atoms with Gasteiger partial charge in [-0.2, -0.15) is 0 Å². The molecule has 1 unspecified atom stereocenters. The average Bonchev–Trinajstić information content (AvgIpc) is 2.72. The van der Waals surface area contributed by atoms with Crippen molar-refractivity contribution in [2.45, 2.75) is 18.9 Å². The van der Waals surface area contributed by atoms with E-state index >= 15 is 0 Å². The number of amides is 1. The Labute approximate surface area is 116 Å². The number of nitrogens with two attached hydrogens (primary N) is 1. The van der Waals surface area contributed by atoms with E-state index in [4.69, 9.17) is 5.73 Å². The molecule has 1 aromatic rings. The van der Waals surface area contributed by atoms with Gasteiger partial charge in [-0.1, -0.05) is 0 Å². The summed E-state index contributed by atoms with van der Waals surface area (Å²) in [6.07, 6.45) is 0.116. The van der Waals surface area contributed by atoms with Crippen molar-refractivity contribution in [1.82, 2.24) is 0 Å². The normalized spacial score (nSPS) is 14.9. The summed E-state index contributed by atoms with van der Waals surface area (Å²) in [5, 5.41) is 0. The van der Waals surface area contributed by atoms with E-state index in [0.717, 1.165) is 11.3 Å². The van der Waals surface area contributed by atoms with Crippen LogP contribution in [0, 0.1) is 0 Å². The van der Waals surface area contributed by atoms with E-state index in [2.05, 4.69) is 4.74 Å². The Kier molecular flexibility index (Phi) is 3.85. The second-order valence-corrected chi connectivity index (χ2v) is 4.72. The van der Waals surface area contributed by atoms with Gasteiger partial charge < -0.3 is 15.4 Å². The van der Waals surface area contributed by atoms with E-state index in [1.54, 1.807) is 30.1 Å². The van der Waals surface area contributed by atoms with Crippen LogP contribution < -0.4 is 10.6 Å². The highest BCUT2D eigenvalue weighted by atomic mass is 16.5. The summed E-state index contributed by atoms with van der Waals surface area (Å²) >= 11 is 0. The number of Topliss-reactive ketones (excluding diaryl/α,β-unsaturated/α-hetero) is 1. The second-order valence-electron chi connectivity index (χ2n) is 4.72. The zero-order chi connectivity index (χ0) is 14.9. The number of esters is 1. The standard InChI is InChI=1S/C14H16N2O4/c1-16-11-4-3-8(5-9(11)6-12(16)17)14(19)10(15)7-13(18)20-2/h3-5,10H,6-7,15H2,1-2H3. The molecule has 0 saturated heterocycles. The first-order valence-electron chi connectivity index (χ1n) is 6.20. The molecule has 0 spiro atoms. The number of ketones is 1. The van der Waals surface area contributed by atoms with Crippen LogP contribution in [0.5, 0.6) is 0 Å². The quantitative estimate of drug-likeness (QED) is 0.630. The van der Waals surface area contributed by atoms with Crippen LogP contribution in [0.4, 0.5) is 5.69 Å². The Morgan fingerprint density at radius 2 is 2.15 bits per heavy atom. The van der Waals surface area contributed by atoms with Crippen molar-refractivity contribution >= 4 is 23.3 Å². The molecule has 0 radical (unpaired) electrons. The molecule has 106 valence electrons. The number of hydrogen-bond acceptors (Lipinski definition) is 5. The lowest BCUT2D eigenvalue weighted by Crippen LogP contribution is -2.33. The molecule has 1 heterocycles. The Bertz CT molecular complexity index is 583. The highest BCUT2D eigenvalue weighted by molar-refractivity contribution is 6.05. The number of benzene rings is 1. The molecule has 0 saturated carbocycles. The summed E-state index contributed by atoms with van der Waals surface area (Å²) in [6, 6.07) is 4.07. The number of carbonyl (C=O) groups excluding carboxylic acids is 3. The first kappa shape index (κ1) is 14.2. The summed E-state index contributed by atoms with van der Waals surface area (Å²) in [6.45, 7) is 0. The minimum absolute atomic E-state index is 0.0107. The van der Waals surface area contributed by atoms with Crippen LogP contribution in [0.25, 0.3) is 0 Å². The molecule has 0 aromatic heterocycles. The lowest BCUT2D eigenvalue weighted by Gasteiger charge is -2.12. The fourth-order valence-electron chi connectivity index (χ4n) is 2.19. The van der Waals surface area contributed by atoms with Gasteiger partial charge in [-0.3, -0.25) is 14.4 Å². The topological polar surface area (TPSA) is 89.7 Å². The van der Waals surface area contributed by atoms with Crippen LogP contribution in [0.3, 0.4) is 0 Å². The smallest absolute Gasteiger partial charge is 0.307 e. The predicted octanol–water partition coefficient (Wildman–Crippen LogP) is 0.279. The maximum Gasteiger partial charge on any atom is 0.307 e. The molecule has 6 nitrogen and oxygen atoms in total. The van der Waals surface area contributed by atoms with Gasteiger partial charge in [-0.05, 0) is 23.8 Å². The van der Waals surface area contributed by atoms with Gasteiger partial charge in [-0.15, -0.1) is 0 Å². The van der Waals surface area contributed by atoms with Crippen LogP contribution in [-0.4, -0.2) is 37.9 Å². The Balaban J connectivity index is 2.19. The molecule has 20 heavy (non-hydrogen) atoms. The predicted molar refractivity (Wildman–Crippen MR) is 72.5 cm³/mol. The molecule has 0 fully saturated rings. The van der Waals surface area contributed by atoms with Crippen LogP contribution in [0.2, 0.25) is 0 Å². The molecule has 1 atom stereocenters. The number of methoxy groups -OCH3 is 1. The molecular weight excluding hydrogens is 260 g/mol. The summed E-state index contributed by atoms with van der Waals surface area (Å²) < 4.78 is 4.49. The molecule has 2 rings (SSSR count). The molecule has 1 aliphatic rings. The van der Waals surface area contributed by atoms with E-state index in [1.165, 1.54) is 7.11 Å². The van der Waals surface area contributed by atoms with Crippen molar-refractivity contribution in [2.75, 3.05) is 19.1 Å². The molecule has 1 amide bonds. The molecule has 0 bridgehead atoms. The summed E-state index contributed by atoms with van der Waals surface area (Å²) in [7, 11) is 2.94. The molecule has 0 aliphatic carbocycles. The number of nitrogens with zero attached hydrogens (tertiary/aromatic N) is 1. The summed E-state index contributed by atoms with van der Waals surface area (Å²) in [4.78, 5) is 36.4. The van der Waals surface area contributed by atoms with Gasteiger partial charge in [0.1, 0.15) is 0 Å². The largest absolute Gasteiger partial charge is 0.469 e. The van der Waals surface area contributed by atoms with Crippen molar-refractivity contribution in [1.29, 1.82) is 0 Å². The Hall–Kier alpha value is -2.21. The van der Waals surface area contributed by atoms with E-state index in [0.29, 0.717) is 5.56 Å². The summed E-state index contributed by atoms with van der Waals surface area (Å²) in [5.74, 6) is -0.870. The first-order valence-corrected chi connectivity index (χ1v) is 6.20. The van der Waals surface area contributed by atoms with Crippen molar-refractivity contribution in [3.05, 3.63) is 29.3 Å². The first-order chi connectivity index (χ1) is 9.43. The number of likely N-dealkylation sites (N-methyl/N-ethyl adjacent to an activating group) is 1. The minimum Gasteiger partial charge on any atom is -0.469 e. The van der Waals surface area contributed by atoms with Crippen molar-refractivity contribution in [2.24, 2.45) is 5.73 Å². The fourth-order valence-corrected chi connectivity index (χ4v) is 2.19. The third kappa shape index (κ3) is 2.55. The maximum atomic E-state index is 12.1. The lowest BCUT2D eigenvalue weighted by atomic mass is 9.99. The van der Waals surface area contributed by atoms with Crippen molar-refractivity contribution in [3.63, 3.8) is 0 Å². The third-order valence-electron chi connectivity index (χ3n) is 3.39. The summed E-state index contributed by atoms with van der Waals surface area (Å²) in [5.41, 5.74) is 7.70. The zero-order valence-corrected chi connectivity index (χ0v) is 11.4.